The minimum atomic E-state index is -0.807. The average Bonchev–Trinajstić information content (AvgIpc) is 2.83. The van der Waals surface area contributed by atoms with Crippen molar-refractivity contribution >= 4 is 47.2 Å². The van der Waals surface area contributed by atoms with Crippen molar-refractivity contribution in [3.8, 4) is 5.75 Å². The number of barbiturate groups is 1. The van der Waals surface area contributed by atoms with E-state index in [0.717, 1.165) is 16.9 Å². The highest BCUT2D eigenvalue weighted by molar-refractivity contribution is 6.39. The Bertz CT molecular complexity index is 1310. The fourth-order valence-corrected chi connectivity index (χ4v) is 3.57. The van der Waals surface area contributed by atoms with Crippen molar-refractivity contribution in [1.82, 2.24) is 5.32 Å². The molecular formula is C26H19ClN2O5. The van der Waals surface area contributed by atoms with Crippen LogP contribution in [0.15, 0.2) is 78.4 Å². The Kier molecular flexibility index (Phi) is 6.56. The summed E-state index contributed by atoms with van der Waals surface area (Å²) in [7, 11) is 0. The van der Waals surface area contributed by atoms with Crippen LogP contribution < -0.4 is 15.0 Å². The molecule has 0 unspecified atom stereocenters. The Balaban J connectivity index is 1.54. The molecule has 0 saturated carbocycles. The number of halogens is 1. The molecule has 0 spiro atoms. The molecule has 1 aliphatic heterocycles. The molecule has 1 heterocycles. The predicted molar refractivity (Wildman–Crippen MR) is 128 cm³/mol. The highest BCUT2D eigenvalue weighted by Crippen LogP contribution is 2.24. The highest BCUT2D eigenvalue weighted by atomic mass is 35.5. The molecule has 0 radical (unpaired) electrons. The first-order valence-electron chi connectivity index (χ1n) is 10.4. The maximum absolute atomic E-state index is 13.0. The van der Waals surface area contributed by atoms with Crippen molar-refractivity contribution < 1.29 is 23.9 Å². The number of aryl methyl sites for hydroxylation is 1. The fourth-order valence-electron chi connectivity index (χ4n) is 3.36. The van der Waals surface area contributed by atoms with Crippen LogP contribution in [0.5, 0.6) is 5.75 Å². The molecule has 0 bridgehead atoms. The zero-order chi connectivity index (χ0) is 24.2. The quantitative estimate of drug-likeness (QED) is 0.248. The summed E-state index contributed by atoms with van der Waals surface area (Å²) in [5.74, 6) is -1.86. The van der Waals surface area contributed by atoms with Gasteiger partial charge in [-0.1, -0.05) is 54.9 Å². The third kappa shape index (κ3) is 4.74. The average molecular weight is 475 g/mol. The summed E-state index contributed by atoms with van der Waals surface area (Å²) in [6.07, 6.45) is 2.19. The molecule has 1 saturated heterocycles. The lowest BCUT2D eigenvalue weighted by Gasteiger charge is -2.26. The van der Waals surface area contributed by atoms with E-state index in [1.54, 1.807) is 48.5 Å². The van der Waals surface area contributed by atoms with Crippen LogP contribution in [-0.2, 0) is 16.0 Å². The van der Waals surface area contributed by atoms with Gasteiger partial charge in [-0.25, -0.2) is 14.5 Å². The molecular weight excluding hydrogens is 456 g/mol. The van der Waals surface area contributed by atoms with Crippen LogP contribution in [0.1, 0.15) is 28.4 Å². The van der Waals surface area contributed by atoms with Crippen molar-refractivity contribution in [3.63, 3.8) is 0 Å². The van der Waals surface area contributed by atoms with Crippen LogP contribution in [0.4, 0.5) is 10.5 Å². The number of ether oxygens (including phenoxy) is 1. The van der Waals surface area contributed by atoms with Crippen molar-refractivity contribution in [2.75, 3.05) is 4.90 Å². The maximum Gasteiger partial charge on any atom is 0.345 e. The smallest absolute Gasteiger partial charge is 0.345 e. The van der Waals surface area contributed by atoms with Crippen LogP contribution in [-0.4, -0.2) is 23.8 Å². The molecule has 3 aromatic rings. The Morgan fingerprint density at radius 2 is 1.65 bits per heavy atom. The second-order valence-electron chi connectivity index (χ2n) is 7.42. The van der Waals surface area contributed by atoms with Crippen LogP contribution in [0.2, 0.25) is 5.02 Å². The van der Waals surface area contributed by atoms with Crippen LogP contribution in [0.3, 0.4) is 0 Å². The molecule has 8 heteroatoms. The van der Waals surface area contributed by atoms with E-state index in [4.69, 9.17) is 16.3 Å². The van der Waals surface area contributed by atoms with Crippen molar-refractivity contribution in [2.45, 2.75) is 13.3 Å². The number of carbonyl (C=O) groups is 4. The third-order valence-corrected chi connectivity index (χ3v) is 5.53. The largest absolute Gasteiger partial charge is 0.423 e. The molecule has 4 amide bonds. The number of hydrogen-bond donors (Lipinski definition) is 1. The van der Waals surface area contributed by atoms with E-state index in [1.165, 1.54) is 18.2 Å². The monoisotopic (exact) mass is 474 g/mol. The second-order valence-corrected chi connectivity index (χ2v) is 7.82. The zero-order valence-electron chi connectivity index (χ0n) is 18.1. The number of nitrogens with zero attached hydrogens (tertiary/aromatic N) is 1. The highest BCUT2D eigenvalue weighted by Gasteiger charge is 2.36. The van der Waals surface area contributed by atoms with Gasteiger partial charge in [0.25, 0.3) is 11.8 Å². The molecule has 170 valence electrons. The number of anilines is 1. The van der Waals surface area contributed by atoms with Gasteiger partial charge < -0.3 is 4.74 Å². The number of esters is 1. The zero-order valence-corrected chi connectivity index (χ0v) is 18.8. The van der Waals surface area contributed by atoms with Gasteiger partial charge in [-0.15, -0.1) is 0 Å². The minimum absolute atomic E-state index is 0.194. The molecule has 3 aromatic carbocycles. The Hall–Kier alpha value is -4.23. The Labute approximate surface area is 200 Å². The van der Waals surface area contributed by atoms with Gasteiger partial charge in [0.1, 0.15) is 11.3 Å². The lowest BCUT2D eigenvalue weighted by Crippen LogP contribution is -2.54. The van der Waals surface area contributed by atoms with Gasteiger partial charge in [0.05, 0.1) is 16.3 Å². The topological polar surface area (TPSA) is 92.8 Å². The number of imide groups is 2. The molecule has 4 rings (SSSR count). The number of urea groups is 1. The molecule has 0 atom stereocenters. The normalized spacial score (nSPS) is 14.8. The van der Waals surface area contributed by atoms with E-state index in [0.29, 0.717) is 11.3 Å². The third-order valence-electron chi connectivity index (χ3n) is 5.20. The Morgan fingerprint density at radius 1 is 0.971 bits per heavy atom. The van der Waals surface area contributed by atoms with Crippen molar-refractivity contribution in [1.29, 1.82) is 0 Å². The van der Waals surface area contributed by atoms with Gasteiger partial charge in [-0.3, -0.25) is 14.9 Å². The second kappa shape index (κ2) is 9.72. The lowest BCUT2D eigenvalue weighted by molar-refractivity contribution is -0.122. The van der Waals surface area contributed by atoms with Gasteiger partial charge in [-0.2, -0.15) is 0 Å². The molecule has 0 aliphatic carbocycles. The van der Waals surface area contributed by atoms with Crippen LogP contribution in [0.25, 0.3) is 6.08 Å². The molecule has 1 fully saturated rings. The summed E-state index contributed by atoms with van der Waals surface area (Å²) in [5.41, 5.74) is 1.96. The van der Waals surface area contributed by atoms with Gasteiger partial charge in [0.15, 0.2) is 0 Å². The van der Waals surface area contributed by atoms with Crippen molar-refractivity contribution in [3.05, 3.63) is 100 Å². The number of benzene rings is 3. The lowest BCUT2D eigenvalue weighted by atomic mass is 10.1. The predicted octanol–water partition coefficient (Wildman–Crippen LogP) is 4.79. The van der Waals surface area contributed by atoms with Gasteiger partial charge in [0, 0.05) is 0 Å². The standard InChI is InChI=1S/C26H19ClN2O5/c1-2-16-7-11-18(12-8-16)29-24(31)21(23(30)28-26(29)33)15-17-9-13-19(14-10-17)34-25(32)20-5-3-4-6-22(20)27/h3-15H,2H2,1H3,(H,28,30,33)/b21-15-. The first-order chi connectivity index (χ1) is 16.4. The summed E-state index contributed by atoms with van der Waals surface area (Å²) in [5, 5.41) is 2.47. The van der Waals surface area contributed by atoms with Gasteiger partial charge in [-0.05, 0) is 60.0 Å². The van der Waals surface area contributed by atoms with E-state index < -0.39 is 23.8 Å². The molecule has 0 aromatic heterocycles. The molecule has 34 heavy (non-hydrogen) atoms. The molecule has 1 N–H and O–H groups in total. The summed E-state index contributed by atoms with van der Waals surface area (Å²) in [6.45, 7) is 2.00. The van der Waals surface area contributed by atoms with Crippen LogP contribution >= 0.6 is 11.6 Å². The molecule has 1 aliphatic rings. The summed E-state index contributed by atoms with van der Waals surface area (Å²) in [4.78, 5) is 50.9. The number of hydrogen-bond acceptors (Lipinski definition) is 5. The first kappa shape index (κ1) is 22.9. The van der Waals surface area contributed by atoms with Crippen LogP contribution in [0, 0.1) is 0 Å². The minimum Gasteiger partial charge on any atom is -0.423 e. The fraction of sp³-hybridized carbons (Fsp3) is 0.0769. The number of rotatable bonds is 5. The summed E-state index contributed by atoms with van der Waals surface area (Å²) >= 11 is 6.02. The van der Waals surface area contributed by atoms with Gasteiger partial charge in [0.2, 0.25) is 0 Å². The van der Waals surface area contributed by atoms with E-state index in [-0.39, 0.29) is 21.9 Å². The van der Waals surface area contributed by atoms with E-state index in [1.807, 2.05) is 19.1 Å². The summed E-state index contributed by atoms with van der Waals surface area (Å²) < 4.78 is 5.33. The SMILES string of the molecule is CCc1ccc(N2C(=O)NC(=O)/C(=C/c3ccc(OC(=O)c4ccccc4Cl)cc3)C2=O)cc1. The number of carbonyl (C=O) groups excluding carboxylic acids is 4. The van der Waals surface area contributed by atoms with Gasteiger partial charge >= 0.3 is 12.0 Å². The molecule has 7 nitrogen and oxygen atoms in total. The Morgan fingerprint density at radius 3 is 2.29 bits per heavy atom. The first-order valence-corrected chi connectivity index (χ1v) is 10.8. The number of nitrogens with one attached hydrogen (secondary N) is 1. The van der Waals surface area contributed by atoms with E-state index >= 15 is 0 Å². The summed E-state index contributed by atoms with van der Waals surface area (Å²) in [6, 6.07) is 18.9. The maximum atomic E-state index is 13.0. The number of amides is 4. The van der Waals surface area contributed by atoms with E-state index in [2.05, 4.69) is 5.32 Å². The van der Waals surface area contributed by atoms with Crippen molar-refractivity contribution in [2.24, 2.45) is 0 Å². The van der Waals surface area contributed by atoms with E-state index in [9.17, 15) is 19.2 Å².